The van der Waals surface area contributed by atoms with Crippen molar-refractivity contribution in [1.82, 2.24) is 15.3 Å². The summed E-state index contributed by atoms with van der Waals surface area (Å²) < 4.78 is 33.6. The molecule has 3 aliphatic rings. The van der Waals surface area contributed by atoms with Gasteiger partial charge in [-0.05, 0) is 55.5 Å². The van der Waals surface area contributed by atoms with Crippen molar-refractivity contribution in [2.45, 2.75) is 50.0 Å². The zero-order valence-corrected chi connectivity index (χ0v) is 23.7. The number of pyridine rings is 1. The topological polar surface area (TPSA) is 122 Å². The van der Waals surface area contributed by atoms with Gasteiger partial charge in [-0.15, -0.1) is 11.3 Å². The van der Waals surface area contributed by atoms with Crippen LogP contribution in [-0.4, -0.2) is 55.1 Å². The minimum atomic E-state index is -2.47. The normalized spacial score (nSPS) is 24.1. The fourth-order valence-electron chi connectivity index (χ4n) is 5.70. The van der Waals surface area contributed by atoms with Crippen LogP contribution in [0.1, 0.15) is 50.1 Å². The Kier molecular flexibility index (Phi) is 7.29. The largest absolute Gasteiger partial charge is 0.368 e. The van der Waals surface area contributed by atoms with Gasteiger partial charge in [0.15, 0.2) is 0 Å². The van der Waals surface area contributed by atoms with E-state index >= 15 is 0 Å². The number of rotatable bonds is 6. The average molecular weight is 582 g/mol. The number of amides is 1. The number of aromatic nitrogens is 2. The summed E-state index contributed by atoms with van der Waals surface area (Å²) >= 11 is 1.49. The highest BCUT2D eigenvalue weighted by Gasteiger charge is 2.47. The van der Waals surface area contributed by atoms with Crippen molar-refractivity contribution >= 4 is 33.5 Å². The van der Waals surface area contributed by atoms with E-state index in [4.69, 9.17) is 4.98 Å². The van der Waals surface area contributed by atoms with Crippen LogP contribution in [0, 0.1) is 23.1 Å². The Balaban J connectivity index is 1.34. The lowest BCUT2D eigenvalue weighted by atomic mass is 9.76. The van der Waals surface area contributed by atoms with E-state index in [0.717, 1.165) is 47.5 Å². The molecule has 0 bridgehead atoms. The molecule has 0 unspecified atom stereocenters. The molecule has 0 radical (unpaired) electrons. The van der Waals surface area contributed by atoms with Crippen LogP contribution in [0.15, 0.2) is 42.6 Å². The molecule has 11 heteroatoms. The fourth-order valence-corrected chi connectivity index (χ4v) is 8.05. The van der Waals surface area contributed by atoms with Gasteiger partial charge in [-0.2, -0.15) is 15.9 Å². The molecule has 3 fully saturated rings. The molecule has 210 valence electrons. The molecule has 2 aliphatic carbocycles. The van der Waals surface area contributed by atoms with E-state index in [1.807, 2.05) is 24.3 Å². The zero-order valence-electron chi connectivity index (χ0n) is 22.1. The molecular weight excluding hydrogens is 549 g/mol. The second kappa shape index (κ2) is 10.7. The van der Waals surface area contributed by atoms with Crippen molar-refractivity contribution in [1.29, 1.82) is 5.26 Å². The van der Waals surface area contributed by atoms with Gasteiger partial charge < -0.3 is 10.2 Å². The third-order valence-electron chi connectivity index (χ3n) is 8.25. The lowest BCUT2D eigenvalue weighted by Gasteiger charge is -2.41. The average Bonchev–Trinajstić information content (AvgIpc) is 3.60. The monoisotopic (exact) mass is 581 g/mol. The fraction of sp³-hybridized carbons (Fsp3) is 0.448. The maximum absolute atomic E-state index is 13.6. The number of hydrogen-bond acceptors (Lipinski definition) is 8. The van der Waals surface area contributed by atoms with Crippen LogP contribution in [0.25, 0.3) is 21.1 Å². The Morgan fingerprint density at radius 1 is 1.12 bits per heavy atom. The molecule has 3 heterocycles. The van der Waals surface area contributed by atoms with Crippen LogP contribution in [-0.2, 0) is 4.79 Å². The number of nitrogens with one attached hydrogen (secondary N) is 1. The molecule has 40 heavy (non-hydrogen) atoms. The smallest absolute Gasteiger partial charge is 0.225 e. The van der Waals surface area contributed by atoms with E-state index in [0.29, 0.717) is 48.1 Å². The number of nitriles is 1. The molecule has 6 rings (SSSR count). The summed E-state index contributed by atoms with van der Waals surface area (Å²) in [6.45, 7) is 1.19. The molecule has 3 aromatic rings. The third kappa shape index (κ3) is 5.59. The van der Waals surface area contributed by atoms with Gasteiger partial charge in [0.1, 0.15) is 16.4 Å². The number of anilines is 1. The predicted octanol–water partition coefficient (Wildman–Crippen LogP) is 6.03. The summed E-state index contributed by atoms with van der Waals surface area (Å²) in [6.07, 6.45) is 6.08. The van der Waals surface area contributed by atoms with Crippen molar-refractivity contribution in [2.75, 3.05) is 29.5 Å². The number of carbonyl (C=O) groups excluding carboxylic acids is 1. The first kappa shape index (κ1) is 27.1. The van der Waals surface area contributed by atoms with Crippen LogP contribution >= 0.6 is 21.9 Å². The minimum absolute atomic E-state index is 0.0735. The van der Waals surface area contributed by atoms with E-state index < -0.39 is 21.9 Å². The van der Waals surface area contributed by atoms with Gasteiger partial charge >= 0.3 is 0 Å². The summed E-state index contributed by atoms with van der Waals surface area (Å²) in [6, 6.07) is 13.4. The van der Waals surface area contributed by atoms with Crippen LogP contribution < -0.4 is 10.2 Å². The standard InChI is InChI=1S/C29H32FN5O3S2/c30-20-7-10-24(32-17-20)28-33-25(22-3-1-2-4-23(22)27(36)34-29(18-31)11-12-29)26(39-28)19-5-8-21(9-6-19)35-13-15-40(37,38)16-14-35/h5-10,17,22-23,37-38H,1-4,11-16H2,(H,34,36)/t22-,23-/m1/s1. The van der Waals surface area contributed by atoms with Crippen molar-refractivity contribution in [3.63, 3.8) is 0 Å². The second-order valence-corrected chi connectivity index (χ2v) is 14.4. The molecule has 2 saturated carbocycles. The van der Waals surface area contributed by atoms with Crippen molar-refractivity contribution in [3.05, 3.63) is 54.1 Å². The Morgan fingerprint density at radius 2 is 1.85 bits per heavy atom. The molecule has 1 amide bonds. The number of nitrogens with zero attached hydrogens (tertiary/aromatic N) is 4. The first-order chi connectivity index (χ1) is 19.3. The van der Waals surface area contributed by atoms with Gasteiger partial charge in [-0.1, -0.05) is 25.0 Å². The quantitative estimate of drug-likeness (QED) is 0.325. The Hall–Kier alpha value is -3.04. The number of benzene rings is 1. The molecule has 1 saturated heterocycles. The summed E-state index contributed by atoms with van der Waals surface area (Å²) in [4.78, 5) is 25.9. The van der Waals surface area contributed by atoms with Crippen LogP contribution in [0.4, 0.5) is 10.1 Å². The first-order valence-electron chi connectivity index (χ1n) is 13.7. The molecule has 1 aromatic carbocycles. The molecule has 1 aliphatic heterocycles. The highest BCUT2D eigenvalue weighted by molar-refractivity contribution is 8.24. The number of halogens is 1. The second-order valence-electron chi connectivity index (χ2n) is 11.0. The summed E-state index contributed by atoms with van der Waals surface area (Å²) in [5, 5.41) is 13.2. The molecule has 2 atom stereocenters. The van der Waals surface area contributed by atoms with Crippen LogP contribution in [0.3, 0.4) is 0 Å². The molecule has 3 N–H and O–H groups in total. The third-order valence-corrected chi connectivity index (χ3v) is 11.1. The molecule has 8 nitrogen and oxygen atoms in total. The SMILES string of the molecule is N#CC1(NC(=O)[C@@H]2CCCC[C@H]2c2nc(-c3ccc(F)cn3)sc2-c2ccc(N3CCS(O)(O)CC3)cc2)CC1. The first-order valence-corrected chi connectivity index (χ1v) is 16.4. The molecule has 2 aromatic heterocycles. The van der Waals surface area contributed by atoms with Crippen molar-refractivity contribution in [3.8, 4) is 27.2 Å². The Labute approximate surface area is 238 Å². The lowest BCUT2D eigenvalue weighted by molar-refractivity contribution is -0.127. The van der Waals surface area contributed by atoms with Gasteiger partial charge in [-0.25, -0.2) is 9.37 Å². The van der Waals surface area contributed by atoms with Crippen molar-refractivity contribution in [2.24, 2.45) is 5.92 Å². The minimum Gasteiger partial charge on any atom is -0.368 e. The van der Waals surface area contributed by atoms with Crippen LogP contribution in [0.5, 0.6) is 0 Å². The van der Waals surface area contributed by atoms with Crippen LogP contribution in [0.2, 0.25) is 0 Å². The van der Waals surface area contributed by atoms with Gasteiger partial charge in [-0.3, -0.25) is 18.9 Å². The van der Waals surface area contributed by atoms with E-state index in [2.05, 4.69) is 21.3 Å². The maximum atomic E-state index is 13.6. The van der Waals surface area contributed by atoms with E-state index in [1.54, 1.807) is 6.07 Å². The zero-order chi connectivity index (χ0) is 27.9. The van der Waals surface area contributed by atoms with Gasteiger partial charge in [0.25, 0.3) is 0 Å². The van der Waals surface area contributed by atoms with E-state index in [1.165, 1.54) is 23.6 Å². The highest BCUT2D eigenvalue weighted by atomic mass is 32.3. The van der Waals surface area contributed by atoms with Crippen molar-refractivity contribution < 1.29 is 18.3 Å². The Morgan fingerprint density at radius 3 is 2.50 bits per heavy atom. The number of carbonyl (C=O) groups is 1. The summed E-state index contributed by atoms with van der Waals surface area (Å²) in [5.41, 5.74) is 2.72. The van der Waals surface area contributed by atoms with Gasteiger partial charge in [0, 0.05) is 30.6 Å². The summed E-state index contributed by atoms with van der Waals surface area (Å²) in [5.74, 6) is -0.112. The Bertz CT molecular complexity index is 1420. The highest BCUT2D eigenvalue weighted by Crippen LogP contribution is 2.47. The van der Waals surface area contributed by atoms with Gasteiger partial charge in [0.05, 0.1) is 40.0 Å². The van der Waals surface area contributed by atoms with E-state index in [9.17, 15) is 23.6 Å². The molecular formula is C29H32FN5O3S2. The van der Waals surface area contributed by atoms with Gasteiger partial charge in [0.2, 0.25) is 5.91 Å². The predicted molar refractivity (Wildman–Crippen MR) is 156 cm³/mol. The number of thiazole rings is 1. The molecule has 0 spiro atoms. The summed E-state index contributed by atoms with van der Waals surface area (Å²) in [7, 11) is -2.47. The van der Waals surface area contributed by atoms with E-state index in [-0.39, 0.29) is 17.7 Å². The maximum Gasteiger partial charge on any atom is 0.225 e. The number of hydrogen-bond donors (Lipinski definition) is 3. The lowest BCUT2D eigenvalue weighted by Crippen LogP contribution is -2.42.